The van der Waals surface area contributed by atoms with Gasteiger partial charge in [-0.15, -0.1) is 0 Å². The van der Waals surface area contributed by atoms with Crippen LogP contribution in [0.4, 0.5) is 0 Å². The lowest BCUT2D eigenvalue weighted by Crippen LogP contribution is -2.52. The van der Waals surface area contributed by atoms with E-state index in [1.54, 1.807) is 24.4 Å². The van der Waals surface area contributed by atoms with Gasteiger partial charge < -0.3 is 39.5 Å². The Morgan fingerprint density at radius 2 is 1.71 bits per heavy atom. The summed E-state index contributed by atoms with van der Waals surface area (Å²) in [5.74, 6) is -0.744. The number of pyridine rings is 1. The lowest BCUT2D eigenvalue weighted by atomic mass is 9.93. The van der Waals surface area contributed by atoms with Crippen LogP contribution in [0.5, 0.6) is 17.2 Å². The van der Waals surface area contributed by atoms with Crippen molar-refractivity contribution in [2.45, 2.75) is 70.9 Å². The number of halogens is 1. The van der Waals surface area contributed by atoms with Crippen LogP contribution in [0.1, 0.15) is 59.6 Å². The number of aliphatic carboxylic acids is 2. The van der Waals surface area contributed by atoms with Crippen molar-refractivity contribution in [2.75, 3.05) is 32.8 Å². The first-order valence-electron chi connectivity index (χ1n) is 18.2. The van der Waals surface area contributed by atoms with Crippen LogP contribution in [0.25, 0.3) is 11.1 Å². The number of hydrogen-bond acceptors (Lipinski definition) is 11. The number of aliphatic hydroxyl groups excluding tert-OH is 1. The van der Waals surface area contributed by atoms with E-state index < -0.39 is 29.7 Å². The molecule has 4 aromatic rings. The van der Waals surface area contributed by atoms with Gasteiger partial charge in [-0.25, -0.2) is 0 Å². The van der Waals surface area contributed by atoms with Crippen LogP contribution >= 0.6 is 11.6 Å². The van der Waals surface area contributed by atoms with E-state index in [0.717, 1.165) is 40.0 Å². The molecule has 0 amide bonds. The molecule has 5 N–H and O–H groups in total. The maximum absolute atomic E-state index is 11.8. The van der Waals surface area contributed by atoms with E-state index in [-0.39, 0.29) is 31.2 Å². The van der Waals surface area contributed by atoms with Crippen molar-refractivity contribution in [1.29, 1.82) is 5.26 Å². The number of carboxylic acids is 2. The number of likely N-dealkylation sites (tertiary alicyclic amines) is 1. The minimum Gasteiger partial charge on any atom is -0.493 e. The van der Waals surface area contributed by atoms with Gasteiger partial charge in [0.15, 0.2) is 0 Å². The highest BCUT2D eigenvalue weighted by Gasteiger charge is 2.37. The van der Waals surface area contributed by atoms with Gasteiger partial charge in [0.05, 0.1) is 35.8 Å². The van der Waals surface area contributed by atoms with Gasteiger partial charge in [-0.3, -0.25) is 19.9 Å². The zero-order valence-corrected chi connectivity index (χ0v) is 32.4. The highest BCUT2D eigenvalue weighted by atomic mass is 35.5. The summed E-state index contributed by atoms with van der Waals surface area (Å²) >= 11 is 6.73. The molecular formula is C42H47ClN4O9. The van der Waals surface area contributed by atoms with Crippen LogP contribution in [-0.4, -0.2) is 86.2 Å². The van der Waals surface area contributed by atoms with Crippen molar-refractivity contribution in [1.82, 2.24) is 15.2 Å². The zero-order chi connectivity index (χ0) is 40.5. The zero-order valence-electron chi connectivity index (χ0n) is 31.7. The van der Waals surface area contributed by atoms with Crippen molar-refractivity contribution in [3.8, 4) is 34.4 Å². The first-order valence-corrected chi connectivity index (χ1v) is 18.6. The summed E-state index contributed by atoms with van der Waals surface area (Å²) in [6.45, 7) is 7.19. The van der Waals surface area contributed by atoms with E-state index in [9.17, 15) is 30.2 Å². The van der Waals surface area contributed by atoms with Gasteiger partial charge in [0.1, 0.15) is 42.1 Å². The van der Waals surface area contributed by atoms with Crippen LogP contribution in [-0.2, 0) is 29.3 Å². The molecule has 0 radical (unpaired) electrons. The summed E-state index contributed by atoms with van der Waals surface area (Å²) in [4.78, 5) is 29.1. The van der Waals surface area contributed by atoms with E-state index in [2.05, 4.69) is 21.3 Å². The fraction of sp³-hybridized carbons (Fsp3) is 0.381. The standard InChI is InChI=1S/C42H47ClN4O9/c1-27-31(7-4-8-33(27)34-9-5-10-36(28(34)2)54-14-6-12-47-13-11-42(53,25-47)18-39(49)50)24-56-38-17-37(55-23-30-15-29(19-44)20-45-21-30)32(16-35(38)43)22-46-41(3,26-48)40(51)52/h4-5,7-10,15-17,20-21,46,48,53H,6,11-14,18,22-26H2,1-3H3,(H,49,50)(H,51,52)/t41-,42?/m0/s1. The van der Waals surface area contributed by atoms with Gasteiger partial charge in [0.25, 0.3) is 0 Å². The molecule has 0 saturated carbocycles. The number of aromatic nitrogens is 1. The van der Waals surface area contributed by atoms with E-state index in [0.29, 0.717) is 60.9 Å². The molecular weight excluding hydrogens is 740 g/mol. The molecule has 3 aromatic carbocycles. The van der Waals surface area contributed by atoms with E-state index in [1.807, 2.05) is 50.2 Å². The Labute approximate surface area is 331 Å². The monoisotopic (exact) mass is 786 g/mol. The highest BCUT2D eigenvalue weighted by Crippen LogP contribution is 2.37. The van der Waals surface area contributed by atoms with E-state index in [4.69, 9.17) is 30.9 Å². The van der Waals surface area contributed by atoms with Crippen molar-refractivity contribution in [3.05, 3.63) is 105 Å². The molecule has 0 bridgehead atoms. The fourth-order valence-electron chi connectivity index (χ4n) is 6.61. The summed E-state index contributed by atoms with van der Waals surface area (Å²) < 4.78 is 18.6. The molecule has 1 aromatic heterocycles. The van der Waals surface area contributed by atoms with Crippen LogP contribution < -0.4 is 19.5 Å². The second-order valence-corrected chi connectivity index (χ2v) is 14.8. The summed E-state index contributed by atoms with van der Waals surface area (Å²) in [7, 11) is 0. The topological polar surface area (TPSA) is 195 Å². The normalized spacial score (nSPS) is 16.5. The van der Waals surface area contributed by atoms with Crippen LogP contribution in [0, 0.1) is 25.2 Å². The molecule has 2 atom stereocenters. The summed E-state index contributed by atoms with van der Waals surface area (Å²) in [6, 6.07) is 18.9. The SMILES string of the molecule is Cc1c(COc2cc(OCc3cncc(C#N)c3)c(CN[C@@](C)(CO)C(=O)O)cc2Cl)cccc1-c1cccc(OCCCN2CCC(O)(CC(=O)O)C2)c1C. The van der Waals surface area contributed by atoms with Gasteiger partial charge in [-0.2, -0.15) is 5.26 Å². The molecule has 1 aliphatic heterocycles. The smallest absolute Gasteiger partial charge is 0.326 e. The third-order valence-electron chi connectivity index (χ3n) is 10.1. The molecule has 0 spiro atoms. The van der Waals surface area contributed by atoms with E-state index in [1.165, 1.54) is 13.1 Å². The van der Waals surface area contributed by atoms with E-state index >= 15 is 0 Å². The van der Waals surface area contributed by atoms with Crippen molar-refractivity contribution >= 4 is 23.5 Å². The molecule has 296 valence electrons. The fourth-order valence-corrected chi connectivity index (χ4v) is 6.86. The number of carboxylic acid groups (broad SMARTS) is 2. The average Bonchev–Trinajstić information content (AvgIpc) is 3.54. The number of carbonyl (C=O) groups is 2. The second kappa shape index (κ2) is 18.6. The van der Waals surface area contributed by atoms with Crippen molar-refractivity contribution in [3.63, 3.8) is 0 Å². The Morgan fingerprint density at radius 3 is 2.43 bits per heavy atom. The lowest BCUT2D eigenvalue weighted by Gasteiger charge is -2.25. The molecule has 1 saturated heterocycles. The van der Waals surface area contributed by atoms with Crippen molar-refractivity contribution in [2.24, 2.45) is 0 Å². The molecule has 13 nitrogen and oxygen atoms in total. The molecule has 56 heavy (non-hydrogen) atoms. The number of nitrogens with zero attached hydrogens (tertiary/aromatic N) is 3. The largest absolute Gasteiger partial charge is 0.493 e. The maximum Gasteiger partial charge on any atom is 0.326 e. The molecule has 0 aliphatic carbocycles. The van der Waals surface area contributed by atoms with Gasteiger partial charge in [-0.05, 0) is 79.6 Å². The highest BCUT2D eigenvalue weighted by molar-refractivity contribution is 6.32. The summed E-state index contributed by atoms with van der Waals surface area (Å²) in [5.41, 5.74) is 3.71. The predicted molar refractivity (Wildman–Crippen MR) is 209 cm³/mol. The second-order valence-electron chi connectivity index (χ2n) is 14.4. The summed E-state index contributed by atoms with van der Waals surface area (Å²) in [6.07, 6.45) is 3.95. The Hall–Kier alpha value is -5.23. The van der Waals surface area contributed by atoms with Gasteiger partial charge >= 0.3 is 11.9 Å². The molecule has 1 unspecified atom stereocenters. The van der Waals surface area contributed by atoms with Crippen LogP contribution in [0.2, 0.25) is 5.02 Å². The number of β-amino-alcohol motifs (C(OH)–C–C–N with tert-alkyl or cyclic N) is 1. The summed E-state index contributed by atoms with van der Waals surface area (Å²) in [5, 5.41) is 51.5. The van der Waals surface area contributed by atoms with Crippen molar-refractivity contribution < 1.29 is 44.2 Å². The Morgan fingerprint density at radius 1 is 0.982 bits per heavy atom. The Balaban J connectivity index is 1.28. The first kappa shape index (κ1) is 41.9. The number of ether oxygens (including phenoxy) is 3. The Kier molecular flexibility index (Phi) is 13.9. The number of aliphatic hydroxyl groups is 2. The number of rotatable bonds is 19. The first-order chi connectivity index (χ1) is 26.7. The van der Waals surface area contributed by atoms with Crippen LogP contribution in [0.3, 0.4) is 0 Å². The lowest BCUT2D eigenvalue weighted by molar-refractivity contribution is -0.146. The third-order valence-corrected chi connectivity index (χ3v) is 10.4. The molecule has 2 heterocycles. The predicted octanol–water partition coefficient (Wildman–Crippen LogP) is 5.65. The minimum atomic E-state index is -1.61. The minimum absolute atomic E-state index is 0.00977. The van der Waals surface area contributed by atoms with Gasteiger partial charge in [0.2, 0.25) is 0 Å². The average molecular weight is 787 g/mol. The number of nitriles is 1. The molecule has 1 fully saturated rings. The molecule has 14 heteroatoms. The van der Waals surface area contributed by atoms with Gasteiger partial charge in [0, 0.05) is 55.8 Å². The van der Waals surface area contributed by atoms with Gasteiger partial charge in [-0.1, -0.05) is 41.9 Å². The maximum atomic E-state index is 11.8. The Bertz CT molecular complexity index is 2090. The third kappa shape index (κ3) is 10.5. The molecule has 5 rings (SSSR count). The number of hydrogen-bond donors (Lipinski definition) is 5. The molecule has 1 aliphatic rings. The van der Waals surface area contributed by atoms with Crippen LogP contribution in [0.15, 0.2) is 67.0 Å². The number of nitrogens with one attached hydrogen (secondary N) is 1. The quantitative estimate of drug-likeness (QED) is 0.0733. The number of benzene rings is 3.